The summed E-state index contributed by atoms with van der Waals surface area (Å²) in [6.07, 6.45) is -2.31. The van der Waals surface area contributed by atoms with Crippen LogP contribution in [-0.4, -0.2) is 60.8 Å². The fraction of sp³-hybridized carbons (Fsp3) is 0.359. The average Bonchev–Trinajstić information content (AvgIpc) is 3.65. The highest BCUT2D eigenvalue weighted by atomic mass is 32.2. The number of benzene rings is 4. The maximum atomic E-state index is 15.2. The molecule has 0 saturated heterocycles. The van der Waals surface area contributed by atoms with Gasteiger partial charge in [0.05, 0.1) is 33.4 Å². The third-order valence-electron chi connectivity index (χ3n) is 9.91. The number of rotatable bonds is 14. The van der Waals surface area contributed by atoms with E-state index < -0.39 is 26.7 Å². The summed E-state index contributed by atoms with van der Waals surface area (Å²) in [6, 6.07) is 22.8. The Bertz CT molecular complexity index is 2070. The number of sulfonamides is 1. The molecule has 0 radical (unpaired) electrons. The number of nitrogens with zero attached hydrogens (tertiary/aromatic N) is 5. The zero-order valence-electron chi connectivity index (χ0n) is 30.3. The number of aromatic nitrogens is 4. The van der Waals surface area contributed by atoms with E-state index in [0.29, 0.717) is 53.3 Å². The molecule has 0 atom stereocenters. The van der Waals surface area contributed by atoms with Crippen LogP contribution in [0.3, 0.4) is 0 Å². The van der Waals surface area contributed by atoms with Crippen LogP contribution >= 0.6 is 0 Å². The summed E-state index contributed by atoms with van der Waals surface area (Å²) in [7, 11) is -0.391. The van der Waals surface area contributed by atoms with Crippen molar-refractivity contribution in [3.8, 4) is 28.6 Å². The van der Waals surface area contributed by atoms with Crippen molar-refractivity contribution in [2.75, 3.05) is 27.9 Å². The van der Waals surface area contributed by atoms with E-state index in [-0.39, 0.29) is 42.9 Å². The minimum absolute atomic E-state index is 0.135. The van der Waals surface area contributed by atoms with Crippen molar-refractivity contribution in [2.24, 2.45) is 11.7 Å². The molecule has 4 aromatic carbocycles. The van der Waals surface area contributed by atoms with E-state index >= 15 is 21.6 Å². The molecule has 1 aromatic heterocycles. The highest BCUT2D eigenvalue weighted by Crippen LogP contribution is 2.47. The fourth-order valence-corrected chi connectivity index (χ4v) is 8.72. The molecule has 5 aromatic rings. The summed E-state index contributed by atoms with van der Waals surface area (Å²) in [6.45, 7) is 0.159. The zero-order valence-corrected chi connectivity index (χ0v) is 31.1. The quantitative estimate of drug-likeness (QED) is 0.126. The van der Waals surface area contributed by atoms with Gasteiger partial charge in [-0.3, -0.25) is 0 Å². The Morgan fingerprint density at radius 2 is 1.26 bits per heavy atom. The first-order chi connectivity index (χ1) is 25.9. The van der Waals surface area contributed by atoms with Crippen LogP contribution in [0.2, 0.25) is 0 Å². The van der Waals surface area contributed by atoms with E-state index in [9.17, 15) is 0 Å². The minimum Gasteiger partial charge on any atom is -0.497 e. The summed E-state index contributed by atoms with van der Waals surface area (Å²) in [5.41, 5.74) is 6.76. The number of halogens is 3. The largest absolute Gasteiger partial charge is 0.497 e. The topological polar surface area (TPSA) is 135 Å². The second-order valence-corrected chi connectivity index (χ2v) is 15.2. The van der Waals surface area contributed by atoms with Gasteiger partial charge in [-0.15, -0.1) is 10.2 Å². The van der Waals surface area contributed by atoms with Gasteiger partial charge >= 0.3 is 6.18 Å². The molecule has 0 bridgehead atoms. The number of tetrazole rings is 1. The summed E-state index contributed by atoms with van der Waals surface area (Å²) < 4.78 is 92.8. The van der Waals surface area contributed by atoms with Gasteiger partial charge < -0.3 is 19.9 Å². The van der Waals surface area contributed by atoms with Crippen LogP contribution in [0, 0.1) is 5.92 Å². The van der Waals surface area contributed by atoms with Gasteiger partial charge in [-0.25, -0.2) is 8.42 Å². The minimum atomic E-state index is -5.04. The van der Waals surface area contributed by atoms with E-state index in [1.54, 1.807) is 79.9 Å². The van der Waals surface area contributed by atoms with Gasteiger partial charge in [0, 0.05) is 18.7 Å². The molecule has 0 spiro atoms. The number of nitrogens with two attached hydrogens (primary N) is 1. The first kappa shape index (κ1) is 38.7. The molecule has 0 unspecified atom stereocenters. The van der Waals surface area contributed by atoms with Crippen molar-refractivity contribution >= 4 is 10.0 Å². The summed E-state index contributed by atoms with van der Waals surface area (Å²) >= 11 is 0. The summed E-state index contributed by atoms with van der Waals surface area (Å²) in [5, 5.41) is 12.9. The lowest BCUT2D eigenvalue weighted by molar-refractivity contribution is -0.139. The number of hydrogen-bond acceptors (Lipinski definition) is 9. The van der Waals surface area contributed by atoms with Gasteiger partial charge in [0.1, 0.15) is 22.1 Å². The molecular weight excluding hydrogens is 722 g/mol. The predicted octanol–water partition coefficient (Wildman–Crippen LogP) is 7.06. The molecule has 0 aliphatic heterocycles. The van der Waals surface area contributed by atoms with Gasteiger partial charge in [-0.1, -0.05) is 42.5 Å². The predicted molar refractivity (Wildman–Crippen MR) is 197 cm³/mol. The van der Waals surface area contributed by atoms with E-state index in [1.165, 1.54) is 25.1 Å². The maximum absolute atomic E-state index is 15.2. The Morgan fingerprint density at radius 3 is 1.72 bits per heavy atom. The van der Waals surface area contributed by atoms with Crippen molar-refractivity contribution < 1.29 is 35.8 Å². The summed E-state index contributed by atoms with van der Waals surface area (Å²) in [4.78, 5) is 0.342. The van der Waals surface area contributed by atoms with E-state index in [4.69, 9.17) is 19.9 Å². The maximum Gasteiger partial charge on any atom is 0.417 e. The van der Waals surface area contributed by atoms with Crippen molar-refractivity contribution in [2.45, 2.75) is 62.3 Å². The van der Waals surface area contributed by atoms with Crippen LogP contribution < -0.4 is 19.9 Å². The van der Waals surface area contributed by atoms with E-state index in [2.05, 4.69) is 15.4 Å². The molecule has 15 heteroatoms. The Labute approximate surface area is 312 Å². The molecule has 1 saturated carbocycles. The third kappa shape index (κ3) is 8.69. The first-order valence-corrected chi connectivity index (χ1v) is 19.0. The van der Waals surface area contributed by atoms with Gasteiger partial charge in [0.2, 0.25) is 15.8 Å². The van der Waals surface area contributed by atoms with Crippen molar-refractivity contribution in [3.63, 3.8) is 0 Å². The second-order valence-electron chi connectivity index (χ2n) is 13.3. The van der Waals surface area contributed by atoms with Crippen LogP contribution in [0.1, 0.15) is 59.4 Å². The van der Waals surface area contributed by atoms with E-state index in [1.807, 2.05) is 0 Å². The number of ether oxygens (including phenoxy) is 3. The Hall–Kier alpha value is -4.99. The molecule has 0 amide bonds. The lowest BCUT2D eigenvalue weighted by Crippen LogP contribution is -2.33. The Balaban J connectivity index is 1.53. The van der Waals surface area contributed by atoms with Gasteiger partial charge in [-0.05, 0) is 114 Å². The zero-order chi connectivity index (χ0) is 38.5. The van der Waals surface area contributed by atoms with Gasteiger partial charge in [-0.2, -0.15) is 22.3 Å². The molecule has 2 N–H and O–H groups in total. The molecule has 286 valence electrons. The molecule has 11 nitrogen and oxygen atoms in total. The number of alkyl halides is 3. The van der Waals surface area contributed by atoms with Crippen LogP contribution in [-0.2, 0) is 35.8 Å². The number of hydrogen-bond donors (Lipinski definition) is 1. The van der Waals surface area contributed by atoms with Gasteiger partial charge in [0.25, 0.3) is 0 Å². The molecule has 1 aliphatic rings. The van der Waals surface area contributed by atoms with Crippen molar-refractivity contribution in [1.29, 1.82) is 0 Å². The Kier molecular flexibility index (Phi) is 11.9. The third-order valence-corrected chi connectivity index (χ3v) is 11.8. The lowest BCUT2D eigenvalue weighted by atomic mass is 9.77. The van der Waals surface area contributed by atoms with Crippen LogP contribution in [0.15, 0.2) is 89.8 Å². The van der Waals surface area contributed by atoms with Crippen molar-refractivity contribution in [1.82, 2.24) is 24.5 Å². The standard InChI is InChI=1S/C39H43F3N6O5S/c1-51-31-14-6-27(7-15-31)23-47(24-28-8-16-32(52-2)17-9-28)54(49,50)37-35(39(40,41)42)21-20-34(30-12-4-26(22-43)5-13-30)36(37)38-44-46-48(45-38)25-29-10-18-33(53-3)19-11-29/h6-11,14-21,26,30H,4-5,12-13,22-25,43H2,1-3H3. The second kappa shape index (κ2) is 16.6. The monoisotopic (exact) mass is 764 g/mol. The highest BCUT2D eigenvalue weighted by Gasteiger charge is 2.43. The molecule has 1 heterocycles. The average molecular weight is 765 g/mol. The van der Waals surface area contributed by atoms with Crippen LogP contribution in [0.4, 0.5) is 13.2 Å². The number of methoxy groups -OCH3 is 3. The Morgan fingerprint density at radius 1 is 0.759 bits per heavy atom. The van der Waals surface area contributed by atoms with E-state index in [0.717, 1.165) is 28.8 Å². The molecule has 1 fully saturated rings. The lowest BCUT2D eigenvalue weighted by Gasteiger charge is -2.31. The summed E-state index contributed by atoms with van der Waals surface area (Å²) in [5.74, 6) is 1.54. The smallest absolute Gasteiger partial charge is 0.417 e. The van der Waals surface area contributed by atoms with Crippen molar-refractivity contribution in [3.05, 3.63) is 113 Å². The first-order valence-electron chi connectivity index (χ1n) is 17.5. The SMILES string of the molecule is COc1ccc(CN(Cc2ccc(OC)cc2)S(=O)(=O)c2c(C(F)(F)F)ccc(C3CCC(CN)CC3)c2-c2nnn(Cc3ccc(OC)cc3)n2)cc1. The molecule has 54 heavy (non-hydrogen) atoms. The van der Waals surface area contributed by atoms with Gasteiger partial charge in [0.15, 0.2) is 0 Å². The van der Waals surface area contributed by atoms with Crippen LogP contribution in [0.5, 0.6) is 17.2 Å². The molecule has 1 aliphatic carbocycles. The molecule has 6 rings (SSSR count). The fourth-order valence-electron chi connectivity index (χ4n) is 6.90. The highest BCUT2D eigenvalue weighted by molar-refractivity contribution is 7.89. The van der Waals surface area contributed by atoms with Crippen LogP contribution in [0.25, 0.3) is 11.4 Å². The normalized spacial score (nSPS) is 16.4. The molecular formula is C39H43F3N6O5S.